The Labute approximate surface area is 106 Å². The van der Waals surface area contributed by atoms with Gasteiger partial charge >= 0.3 is 0 Å². The van der Waals surface area contributed by atoms with Crippen LogP contribution in [0, 0.1) is 0 Å². The fourth-order valence-corrected chi connectivity index (χ4v) is 2.23. The van der Waals surface area contributed by atoms with Gasteiger partial charge in [-0.05, 0) is 48.3 Å². The van der Waals surface area contributed by atoms with Gasteiger partial charge in [0.05, 0.1) is 0 Å². The van der Waals surface area contributed by atoms with Crippen LogP contribution in [0.3, 0.4) is 0 Å². The smallest absolute Gasteiger partial charge is 0.00771 e. The first-order valence-electron chi connectivity index (χ1n) is 6.79. The van der Waals surface area contributed by atoms with Crippen molar-refractivity contribution in [3.05, 3.63) is 35.4 Å². The minimum atomic E-state index is 0.248. The maximum Gasteiger partial charge on any atom is -0.00771 e. The molecule has 0 radical (unpaired) electrons. The van der Waals surface area contributed by atoms with Crippen LogP contribution in [-0.4, -0.2) is 6.54 Å². The van der Waals surface area contributed by atoms with Crippen LogP contribution >= 0.6 is 0 Å². The van der Waals surface area contributed by atoms with E-state index in [0.717, 1.165) is 13.0 Å². The molecule has 0 spiro atoms. The molecule has 1 heteroatoms. The summed E-state index contributed by atoms with van der Waals surface area (Å²) in [5.74, 6) is 0.674. The molecule has 0 aliphatic carbocycles. The van der Waals surface area contributed by atoms with E-state index in [2.05, 4.69) is 52.0 Å². The Bertz CT molecular complexity index is 318. The standard InChI is InChI=1S/C16H27N/c1-5-13(7-6-12-17)14-8-10-15(11-9-14)16(2,3)4/h8-11,13H,5-7,12,17H2,1-4H3. The van der Waals surface area contributed by atoms with Crippen molar-refractivity contribution < 1.29 is 0 Å². The van der Waals surface area contributed by atoms with Gasteiger partial charge in [-0.15, -0.1) is 0 Å². The van der Waals surface area contributed by atoms with Gasteiger partial charge in [-0.2, -0.15) is 0 Å². The minimum Gasteiger partial charge on any atom is -0.330 e. The fourth-order valence-electron chi connectivity index (χ4n) is 2.23. The highest BCUT2D eigenvalue weighted by Gasteiger charge is 2.14. The molecule has 0 fully saturated rings. The second kappa shape index (κ2) is 6.20. The van der Waals surface area contributed by atoms with Gasteiger partial charge in [0.15, 0.2) is 0 Å². The fraction of sp³-hybridized carbons (Fsp3) is 0.625. The average Bonchev–Trinajstić information content (AvgIpc) is 2.29. The Morgan fingerprint density at radius 1 is 1.12 bits per heavy atom. The van der Waals surface area contributed by atoms with Crippen molar-refractivity contribution >= 4 is 0 Å². The lowest BCUT2D eigenvalue weighted by Gasteiger charge is -2.21. The third-order valence-electron chi connectivity index (χ3n) is 3.50. The summed E-state index contributed by atoms with van der Waals surface area (Å²) in [4.78, 5) is 0. The summed E-state index contributed by atoms with van der Waals surface area (Å²) in [5.41, 5.74) is 8.72. The Morgan fingerprint density at radius 3 is 2.12 bits per heavy atom. The van der Waals surface area contributed by atoms with E-state index in [4.69, 9.17) is 5.73 Å². The molecule has 1 rings (SSSR count). The van der Waals surface area contributed by atoms with E-state index in [0.29, 0.717) is 5.92 Å². The van der Waals surface area contributed by atoms with Gasteiger partial charge in [0.25, 0.3) is 0 Å². The highest BCUT2D eigenvalue weighted by Crippen LogP contribution is 2.28. The lowest BCUT2D eigenvalue weighted by atomic mass is 9.84. The summed E-state index contributed by atoms with van der Waals surface area (Å²) >= 11 is 0. The lowest BCUT2D eigenvalue weighted by molar-refractivity contribution is 0.574. The largest absolute Gasteiger partial charge is 0.330 e. The summed E-state index contributed by atoms with van der Waals surface area (Å²) in [7, 11) is 0. The van der Waals surface area contributed by atoms with Crippen LogP contribution in [0.2, 0.25) is 0 Å². The second-order valence-corrected chi connectivity index (χ2v) is 5.91. The molecule has 0 aromatic heterocycles. The quantitative estimate of drug-likeness (QED) is 0.809. The van der Waals surface area contributed by atoms with E-state index >= 15 is 0 Å². The summed E-state index contributed by atoms with van der Waals surface area (Å²) in [5, 5.41) is 0. The molecule has 1 unspecified atom stereocenters. The molecular formula is C16H27N. The first-order valence-corrected chi connectivity index (χ1v) is 6.79. The SMILES string of the molecule is CCC(CCCN)c1ccc(C(C)(C)C)cc1. The van der Waals surface area contributed by atoms with E-state index in [1.54, 1.807) is 0 Å². The molecule has 0 saturated heterocycles. The van der Waals surface area contributed by atoms with E-state index in [9.17, 15) is 0 Å². The van der Waals surface area contributed by atoms with Gasteiger partial charge in [-0.25, -0.2) is 0 Å². The van der Waals surface area contributed by atoms with Crippen molar-refractivity contribution in [1.29, 1.82) is 0 Å². The monoisotopic (exact) mass is 233 g/mol. The highest BCUT2D eigenvalue weighted by molar-refractivity contribution is 5.29. The minimum absolute atomic E-state index is 0.248. The maximum absolute atomic E-state index is 5.59. The van der Waals surface area contributed by atoms with Crippen LogP contribution in [0.1, 0.15) is 64.0 Å². The Kier molecular flexibility index (Phi) is 5.20. The molecule has 2 N–H and O–H groups in total. The number of nitrogens with two attached hydrogens (primary N) is 1. The molecule has 0 aliphatic heterocycles. The van der Waals surface area contributed by atoms with Crippen molar-refractivity contribution in [3.8, 4) is 0 Å². The van der Waals surface area contributed by atoms with Gasteiger partial charge in [-0.1, -0.05) is 52.0 Å². The van der Waals surface area contributed by atoms with Crippen LogP contribution < -0.4 is 5.73 Å². The number of hydrogen-bond acceptors (Lipinski definition) is 1. The molecule has 0 heterocycles. The van der Waals surface area contributed by atoms with Crippen LogP contribution in [0.25, 0.3) is 0 Å². The summed E-state index contributed by atoms with van der Waals surface area (Å²) in [6, 6.07) is 9.15. The molecular weight excluding hydrogens is 206 g/mol. The van der Waals surface area contributed by atoms with E-state index in [1.807, 2.05) is 0 Å². The Balaban J connectivity index is 2.78. The first kappa shape index (κ1) is 14.2. The third-order valence-corrected chi connectivity index (χ3v) is 3.50. The summed E-state index contributed by atoms with van der Waals surface area (Å²) in [6.45, 7) is 9.84. The predicted octanol–water partition coefficient (Wildman–Crippen LogP) is 4.22. The van der Waals surface area contributed by atoms with E-state index in [-0.39, 0.29) is 5.41 Å². The molecule has 0 amide bonds. The molecule has 1 aromatic rings. The molecule has 1 nitrogen and oxygen atoms in total. The second-order valence-electron chi connectivity index (χ2n) is 5.91. The lowest BCUT2D eigenvalue weighted by Crippen LogP contribution is -2.11. The topological polar surface area (TPSA) is 26.0 Å². The van der Waals surface area contributed by atoms with Crippen LogP contribution in [0.15, 0.2) is 24.3 Å². The predicted molar refractivity (Wildman–Crippen MR) is 76.5 cm³/mol. The van der Waals surface area contributed by atoms with Crippen molar-refractivity contribution in [2.24, 2.45) is 5.73 Å². The normalized spacial score (nSPS) is 13.7. The first-order chi connectivity index (χ1) is 7.99. The van der Waals surface area contributed by atoms with Gasteiger partial charge in [0.1, 0.15) is 0 Å². The van der Waals surface area contributed by atoms with Crippen LogP contribution in [-0.2, 0) is 5.41 Å². The molecule has 96 valence electrons. The van der Waals surface area contributed by atoms with E-state index in [1.165, 1.54) is 24.0 Å². The molecule has 0 saturated carbocycles. The zero-order valence-electron chi connectivity index (χ0n) is 11.8. The summed E-state index contributed by atoms with van der Waals surface area (Å²) < 4.78 is 0. The van der Waals surface area contributed by atoms with Crippen LogP contribution in [0.4, 0.5) is 0 Å². The zero-order chi connectivity index (χ0) is 12.9. The number of hydrogen-bond donors (Lipinski definition) is 1. The van der Waals surface area contributed by atoms with E-state index < -0.39 is 0 Å². The zero-order valence-corrected chi connectivity index (χ0v) is 11.8. The Hall–Kier alpha value is -0.820. The molecule has 17 heavy (non-hydrogen) atoms. The van der Waals surface area contributed by atoms with Gasteiger partial charge < -0.3 is 5.73 Å². The average molecular weight is 233 g/mol. The van der Waals surface area contributed by atoms with Crippen molar-refractivity contribution in [1.82, 2.24) is 0 Å². The molecule has 1 aromatic carbocycles. The van der Waals surface area contributed by atoms with Gasteiger partial charge in [-0.3, -0.25) is 0 Å². The van der Waals surface area contributed by atoms with Crippen molar-refractivity contribution in [2.45, 2.75) is 58.3 Å². The highest BCUT2D eigenvalue weighted by atomic mass is 14.5. The third kappa shape index (κ3) is 4.16. The van der Waals surface area contributed by atoms with Crippen LogP contribution in [0.5, 0.6) is 0 Å². The Morgan fingerprint density at radius 2 is 1.71 bits per heavy atom. The van der Waals surface area contributed by atoms with Gasteiger partial charge in [0, 0.05) is 0 Å². The molecule has 1 atom stereocenters. The van der Waals surface area contributed by atoms with Crippen molar-refractivity contribution in [3.63, 3.8) is 0 Å². The molecule has 0 bridgehead atoms. The van der Waals surface area contributed by atoms with Crippen molar-refractivity contribution in [2.75, 3.05) is 6.54 Å². The number of rotatable bonds is 5. The number of benzene rings is 1. The summed E-state index contributed by atoms with van der Waals surface area (Å²) in [6.07, 6.45) is 3.54. The molecule has 0 aliphatic rings. The maximum atomic E-state index is 5.59. The van der Waals surface area contributed by atoms with Gasteiger partial charge in [0.2, 0.25) is 0 Å².